The molecule has 0 saturated carbocycles. The minimum atomic E-state index is -1.23. The average Bonchev–Trinajstić information content (AvgIpc) is 2.46. The van der Waals surface area contributed by atoms with Gasteiger partial charge in [0, 0.05) is 0 Å². The van der Waals surface area contributed by atoms with Gasteiger partial charge in [0.15, 0.2) is 5.54 Å². The zero-order chi connectivity index (χ0) is 15.7. The van der Waals surface area contributed by atoms with Crippen LogP contribution >= 0.6 is 0 Å². The molecule has 1 unspecified atom stereocenters. The van der Waals surface area contributed by atoms with E-state index in [1.807, 2.05) is 39.0 Å². The van der Waals surface area contributed by atoms with Crippen LogP contribution in [-0.4, -0.2) is 43.5 Å². The Labute approximate surface area is 126 Å². The Bertz CT molecular complexity index is 422. The number of carboxylic acid groups (broad SMARTS) is 1. The number of rotatable bonds is 10. The summed E-state index contributed by atoms with van der Waals surface area (Å²) in [6, 6.07) is 9.10. The summed E-state index contributed by atoms with van der Waals surface area (Å²) in [6.07, 6.45) is 0.140. The summed E-state index contributed by atoms with van der Waals surface area (Å²) in [6.45, 7) is 7.19. The van der Waals surface area contributed by atoms with Crippen molar-refractivity contribution in [2.24, 2.45) is 0 Å². The average molecular weight is 295 g/mol. The summed E-state index contributed by atoms with van der Waals surface area (Å²) in [5.74, 6) is -0.944. The molecule has 0 radical (unpaired) electrons. The SMILES string of the molecule is CCNC(COCCOC(C)C)(C(=O)O)c1ccccc1. The van der Waals surface area contributed by atoms with Crippen molar-refractivity contribution in [1.82, 2.24) is 5.32 Å². The number of benzene rings is 1. The van der Waals surface area contributed by atoms with E-state index >= 15 is 0 Å². The van der Waals surface area contributed by atoms with E-state index in [1.165, 1.54) is 0 Å². The molecule has 0 aliphatic heterocycles. The number of likely N-dealkylation sites (N-methyl/N-ethyl adjacent to an activating group) is 1. The molecule has 1 aromatic rings. The lowest BCUT2D eigenvalue weighted by Crippen LogP contribution is -2.52. The van der Waals surface area contributed by atoms with Crippen LogP contribution in [-0.2, 0) is 19.8 Å². The Hall–Kier alpha value is -1.43. The van der Waals surface area contributed by atoms with E-state index in [4.69, 9.17) is 9.47 Å². The van der Waals surface area contributed by atoms with Crippen molar-refractivity contribution in [3.63, 3.8) is 0 Å². The summed E-state index contributed by atoms with van der Waals surface area (Å²) in [5, 5.41) is 12.7. The number of nitrogens with one attached hydrogen (secondary N) is 1. The van der Waals surface area contributed by atoms with Crippen LogP contribution in [0.25, 0.3) is 0 Å². The van der Waals surface area contributed by atoms with Gasteiger partial charge in [-0.1, -0.05) is 37.3 Å². The van der Waals surface area contributed by atoms with Crippen molar-refractivity contribution in [2.75, 3.05) is 26.4 Å². The second-order valence-electron chi connectivity index (χ2n) is 5.08. The van der Waals surface area contributed by atoms with Crippen LogP contribution < -0.4 is 5.32 Å². The molecule has 118 valence electrons. The number of ether oxygens (including phenoxy) is 2. The molecule has 1 rings (SSSR count). The molecule has 5 nitrogen and oxygen atoms in total. The van der Waals surface area contributed by atoms with Gasteiger partial charge in [-0.15, -0.1) is 0 Å². The van der Waals surface area contributed by atoms with Gasteiger partial charge >= 0.3 is 5.97 Å². The minimum Gasteiger partial charge on any atom is -0.480 e. The van der Waals surface area contributed by atoms with Crippen molar-refractivity contribution in [3.05, 3.63) is 35.9 Å². The van der Waals surface area contributed by atoms with Crippen LogP contribution in [0.2, 0.25) is 0 Å². The molecular formula is C16H25NO4. The van der Waals surface area contributed by atoms with Crippen molar-refractivity contribution in [2.45, 2.75) is 32.4 Å². The highest BCUT2D eigenvalue weighted by molar-refractivity contribution is 5.81. The highest BCUT2D eigenvalue weighted by Gasteiger charge is 2.40. The van der Waals surface area contributed by atoms with Crippen molar-refractivity contribution in [1.29, 1.82) is 0 Å². The van der Waals surface area contributed by atoms with Crippen molar-refractivity contribution < 1.29 is 19.4 Å². The first-order chi connectivity index (χ1) is 10.0. The standard InChI is InChI=1S/C16H25NO4/c1-4-17-16(15(18)19,14-8-6-5-7-9-14)12-20-10-11-21-13(2)3/h5-9,13,17H,4,10-12H2,1-3H3,(H,18,19). The van der Waals surface area contributed by atoms with Gasteiger partial charge in [0.05, 0.1) is 25.9 Å². The highest BCUT2D eigenvalue weighted by Crippen LogP contribution is 2.22. The second kappa shape index (κ2) is 8.77. The van der Waals surface area contributed by atoms with E-state index < -0.39 is 11.5 Å². The number of hydrogen-bond acceptors (Lipinski definition) is 4. The van der Waals surface area contributed by atoms with Crippen molar-refractivity contribution >= 4 is 5.97 Å². The van der Waals surface area contributed by atoms with E-state index in [0.29, 0.717) is 25.3 Å². The Morgan fingerprint density at radius 2 is 1.95 bits per heavy atom. The summed E-state index contributed by atoms with van der Waals surface area (Å²) in [7, 11) is 0. The quantitative estimate of drug-likeness (QED) is 0.646. The van der Waals surface area contributed by atoms with Crippen LogP contribution in [0, 0.1) is 0 Å². The van der Waals surface area contributed by atoms with Gasteiger partial charge < -0.3 is 14.6 Å². The molecule has 0 amide bonds. The Balaban J connectivity index is 2.75. The predicted molar refractivity (Wildman–Crippen MR) is 81.3 cm³/mol. The number of carbonyl (C=O) groups is 1. The van der Waals surface area contributed by atoms with Gasteiger partial charge in [-0.25, -0.2) is 4.79 Å². The van der Waals surface area contributed by atoms with Crippen LogP contribution in [0.15, 0.2) is 30.3 Å². The molecule has 0 aliphatic carbocycles. The smallest absolute Gasteiger partial charge is 0.331 e. The van der Waals surface area contributed by atoms with E-state index in [0.717, 1.165) is 0 Å². The summed E-state index contributed by atoms with van der Waals surface area (Å²) in [4.78, 5) is 11.8. The number of carboxylic acids is 1. The van der Waals surface area contributed by atoms with Gasteiger partial charge in [-0.3, -0.25) is 5.32 Å². The molecule has 5 heteroatoms. The van der Waals surface area contributed by atoms with E-state index in [9.17, 15) is 9.90 Å². The molecule has 2 N–H and O–H groups in total. The van der Waals surface area contributed by atoms with Gasteiger partial charge in [-0.05, 0) is 26.0 Å². The first-order valence-corrected chi connectivity index (χ1v) is 7.26. The molecule has 1 atom stereocenters. The third-order valence-corrected chi connectivity index (χ3v) is 3.11. The molecular weight excluding hydrogens is 270 g/mol. The Morgan fingerprint density at radius 3 is 2.48 bits per heavy atom. The van der Waals surface area contributed by atoms with Crippen molar-refractivity contribution in [3.8, 4) is 0 Å². The lowest BCUT2D eigenvalue weighted by Gasteiger charge is -2.30. The van der Waals surface area contributed by atoms with Crippen LogP contribution in [0.5, 0.6) is 0 Å². The normalized spacial score (nSPS) is 14.1. The minimum absolute atomic E-state index is 0.0572. The van der Waals surface area contributed by atoms with E-state index in [-0.39, 0.29) is 12.7 Å². The second-order valence-corrected chi connectivity index (χ2v) is 5.08. The maximum Gasteiger partial charge on any atom is 0.331 e. The van der Waals surface area contributed by atoms with Crippen LogP contribution in [0.1, 0.15) is 26.3 Å². The van der Waals surface area contributed by atoms with Gasteiger partial charge in [0.1, 0.15) is 0 Å². The maximum atomic E-state index is 11.8. The molecule has 0 fully saturated rings. The van der Waals surface area contributed by atoms with Crippen LogP contribution in [0.3, 0.4) is 0 Å². The van der Waals surface area contributed by atoms with Gasteiger partial charge in [0.2, 0.25) is 0 Å². The van der Waals surface area contributed by atoms with Crippen LogP contribution in [0.4, 0.5) is 0 Å². The Morgan fingerprint density at radius 1 is 1.29 bits per heavy atom. The largest absolute Gasteiger partial charge is 0.480 e. The zero-order valence-corrected chi connectivity index (χ0v) is 13.0. The highest BCUT2D eigenvalue weighted by atomic mass is 16.5. The molecule has 1 aromatic carbocycles. The molecule has 21 heavy (non-hydrogen) atoms. The molecule has 0 aliphatic rings. The van der Waals surface area contributed by atoms with Gasteiger partial charge in [0.25, 0.3) is 0 Å². The summed E-state index contributed by atoms with van der Waals surface area (Å²) >= 11 is 0. The fourth-order valence-electron chi connectivity index (χ4n) is 2.09. The topological polar surface area (TPSA) is 67.8 Å². The third kappa shape index (κ3) is 5.12. The lowest BCUT2D eigenvalue weighted by molar-refractivity contribution is -0.149. The number of aliphatic carboxylic acids is 1. The summed E-state index contributed by atoms with van der Waals surface area (Å²) in [5.41, 5.74) is -0.544. The lowest BCUT2D eigenvalue weighted by atomic mass is 9.90. The molecule has 0 saturated heterocycles. The maximum absolute atomic E-state index is 11.8. The molecule has 0 aromatic heterocycles. The molecule has 0 heterocycles. The third-order valence-electron chi connectivity index (χ3n) is 3.11. The number of hydrogen-bond donors (Lipinski definition) is 2. The monoisotopic (exact) mass is 295 g/mol. The molecule has 0 spiro atoms. The van der Waals surface area contributed by atoms with Gasteiger partial charge in [-0.2, -0.15) is 0 Å². The zero-order valence-electron chi connectivity index (χ0n) is 13.0. The van der Waals surface area contributed by atoms with E-state index in [1.54, 1.807) is 12.1 Å². The molecule has 0 bridgehead atoms. The fourth-order valence-corrected chi connectivity index (χ4v) is 2.09. The van der Waals surface area contributed by atoms with E-state index in [2.05, 4.69) is 5.32 Å². The predicted octanol–water partition coefficient (Wildman–Crippen LogP) is 2.02. The first-order valence-electron chi connectivity index (χ1n) is 7.26. The fraction of sp³-hybridized carbons (Fsp3) is 0.562. The summed E-state index contributed by atoms with van der Waals surface area (Å²) < 4.78 is 10.9. The Kier molecular flexibility index (Phi) is 7.36. The first kappa shape index (κ1) is 17.6.